The van der Waals surface area contributed by atoms with Crippen molar-refractivity contribution in [2.45, 2.75) is 59.7 Å². The molecule has 102 valence electrons. The normalized spacial score (nSPS) is 29.3. The molecular formula is C14H30N2O. The molecule has 1 saturated heterocycles. The molecule has 1 aliphatic rings. The van der Waals surface area contributed by atoms with E-state index in [1.54, 1.807) is 0 Å². The van der Waals surface area contributed by atoms with Gasteiger partial charge in [-0.1, -0.05) is 20.8 Å². The first-order chi connectivity index (χ1) is 7.86. The van der Waals surface area contributed by atoms with Crippen LogP contribution in [0.5, 0.6) is 0 Å². The van der Waals surface area contributed by atoms with E-state index in [1.165, 1.54) is 0 Å². The Balaban J connectivity index is 2.55. The van der Waals surface area contributed by atoms with Crippen LogP contribution in [-0.2, 0) is 4.74 Å². The topological polar surface area (TPSA) is 24.5 Å². The van der Waals surface area contributed by atoms with Gasteiger partial charge in [0.2, 0.25) is 0 Å². The Morgan fingerprint density at radius 3 is 2.65 bits per heavy atom. The van der Waals surface area contributed by atoms with E-state index in [-0.39, 0.29) is 0 Å². The summed E-state index contributed by atoms with van der Waals surface area (Å²) in [4.78, 5) is 2.57. The number of hydrogen-bond donors (Lipinski definition) is 1. The molecule has 3 nitrogen and oxygen atoms in total. The molecule has 3 heteroatoms. The van der Waals surface area contributed by atoms with E-state index in [0.717, 1.165) is 26.2 Å². The molecule has 0 bridgehead atoms. The van der Waals surface area contributed by atoms with Crippen LogP contribution in [0.25, 0.3) is 0 Å². The summed E-state index contributed by atoms with van der Waals surface area (Å²) in [6.07, 6.45) is 0.372. The van der Waals surface area contributed by atoms with Crippen LogP contribution in [-0.4, -0.2) is 49.3 Å². The Labute approximate surface area is 107 Å². The highest BCUT2D eigenvalue weighted by molar-refractivity contribution is 4.87. The van der Waals surface area contributed by atoms with Gasteiger partial charge in [0.1, 0.15) is 0 Å². The second kappa shape index (κ2) is 6.17. The number of nitrogens with zero attached hydrogens (tertiary/aromatic N) is 1. The highest BCUT2D eigenvalue weighted by atomic mass is 16.5. The van der Waals surface area contributed by atoms with Gasteiger partial charge in [-0.05, 0) is 32.7 Å². The first-order valence-corrected chi connectivity index (χ1v) is 6.96. The van der Waals surface area contributed by atoms with Crippen LogP contribution in [0.15, 0.2) is 0 Å². The van der Waals surface area contributed by atoms with Gasteiger partial charge in [0, 0.05) is 25.2 Å². The lowest BCUT2D eigenvalue weighted by Gasteiger charge is -2.43. The van der Waals surface area contributed by atoms with Crippen molar-refractivity contribution < 1.29 is 4.74 Å². The smallest absolute Gasteiger partial charge is 0.0674 e. The van der Waals surface area contributed by atoms with Gasteiger partial charge in [0.15, 0.2) is 0 Å². The number of hydrogen-bond acceptors (Lipinski definition) is 3. The molecular weight excluding hydrogens is 212 g/mol. The first-order valence-electron chi connectivity index (χ1n) is 6.96. The summed E-state index contributed by atoms with van der Waals surface area (Å²) in [6.45, 7) is 17.7. The molecule has 3 unspecified atom stereocenters. The van der Waals surface area contributed by atoms with E-state index in [9.17, 15) is 0 Å². The lowest BCUT2D eigenvalue weighted by molar-refractivity contribution is -0.0626. The lowest BCUT2D eigenvalue weighted by atomic mass is 9.84. The third kappa shape index (κ3) is 4.23. The van der Waals surface area contributed by atoms with Crippen LogP contribution in [0.4, 0.5) is 0 Å². The summed E-state index contributed by atoms with van der Waals surface area (Å²) in [5.74, 6) is 0. The van der Waals surface area contributed by atoms with Crippen LogP contribution in [0, 0.1) is 5.41 Å². The van der Waals surface area contributed by atoms with Gasteiger partial charge < -0.3 is 10.1 Å². The van der Waals surface area contributed by atoms with Gasteiger partial charge in [0.25, 0.3) is 0 Å². The minimum atomic E-state index is 0.293. The van der Waals surface area contributed by atoms with Crippen molar-refractivity contribution >= 4 is 0 Å². The third-order valence-corrected chi connectivity index (χ3v) is 4.03. The molecule has 0 amide bonds. The molecule has 0 saturated carbocycles. The molecule has 0 aromatic carbocycles. The van der Waals surface area contributed by atoms with Crippen molar-refractivity contribution in [3.63, 3.8) is 0 Å². The van der Waals surface area contributed by atoms with Crippen molar-refractivity contribution in [2.75, 3.05) is 26.2 Å². The van der Waals surface area contributed by atoms with Crippen molar-refractivity contribution in [3.05, 3.63) is 0 Å². The lowest BCUT2D eigenvalue weighted by Crippen LogP contribution is -2.54. The molecule has 0 spiro atoms. The maximum atomic E-state index is 5.69. The van der Waals surface area contributed by atoms with E-state index in [0.29, 0.717) is 23.6 Å². The van der Waals surface area contributed by atoms with Crippen LogP contribution < -0.4 is 5.32 Å². The van der Waals surface area contributed by atoms with Gasteiger partial charge in [-0.2, -0.15) is 0 Å². The van der Waals surface area contributed by atoms with Gasteiger partial charge >= 0.3 is 0 Å². The molecule has 0 aliphatic carbocycles. The highest BCUT2D eigenvalue weighted by Gasteiger charge is 2.32. The summed E-state index contributed by atoms with van der Waals surface area (Å²) in [6, 6.07) is 1.08. The Hall–Kier alpha value is -0.120. The Morgan fingerprint density at radius 2 is 2.06 bits per heavy atom. The largest absolute Gasteiger partial charge is 0.376 e. The number of ether oxygens (including phenoxy) is 1. The Bertz CT molecular complexity index is 230. The monoisotopic (exact) mass is 242 g/mol. The molecule has 17 heavy (non-hydrogen) atoms. The summed E-state index contributed by atoms with van der Waals surface area (Å²) in [7, 11) is 0. The van der Waals surface area contributed by atoms with E-state index >= 15 is 0 Å². The fourth-order valence-corrected chi connectivity index (χ4v) is 2.44. The SMILES string of the molecule is CCNC(C)C(C)(C)CN1CC(C)OCC1C. The standard InChI is InChI=1S/C14H30N2O/c1-7-15-13(4)14(5,6)10-16-8-12(3)17-9-11(16)2/h11-13,15H,7-10H2,1-6H3. The Morgan fingerprint density at radius 1 is 1.41 bits per heavy atom. The zero-order chi connectivity index (χ0) is 13.1. The van der Waals surface area contributed by atoms with Crippen LogP contribution in [0.2, 0.25) is 0 Å². The van der Waals surface area contributed by atoms with Crippen molar-refractivity contribution in [3.8, 4) is 0 Å². The Kier molecular flexibility index (Phi) is 5.42. The summed E-state index contributed by atoms with van der Waals surface area (Å²) in [5, 5.41) is 3.54. The van der Waals surface area contributed by atoms with Gasteiger partial charge in [-0.3, -0.25) is 4.90 Å². The first kappa shape index (κ1) is 14.9. The number of nitrogens with one attached hydrogen (secondary N) is 1. The second-order valence-corrected chi connectivity index (χ2v) is 6.19. The van der Waals surface area contributed by atoms with Crippen molar-refractivity contribution in [2.24, 2.45) is 5.41 Å². The number of morpholine rings is 1. The molecule has 1 fully saturated rings. The van der Waals surface area contributed by atoms with E-state index in [2.05, 4.69) is 51.8 Å². The van der Waals surface area contributed by atoms with E-state index < -0.39 is 0 Å². The summed E-state index contributed by atoms with van der Waals surface area (Å²) in [5.41, 5.74) is 0.293. The summed E-state index contributed by atoms with van der Waals surface area (Å²) >= 11 is 0. The highest BCUT2D eigenvalue weighted by Crippen LogP contribution is 2.25. The van der Waals surface area contributed by atoms with E-state index in [4.69, 9.17) is 4.74 Å². The van der Waals surface area contributed by atoms with Gasteiger partial charge in [-0.15, -0.1) is 0 Å². The average Bonchev–Trinajstić information content (AvgIpc) is 2.23. The predicted molar refractivity (Wildman–Crippen MR) is 73.4 cm³/mol. The van der Waals surface area contributed by atoms with Crippen molar-refractivity contribution in [1.29, 1.82) is 0 Å². The summed E-state index contributed by atoms with van der Waals surface area (Å²) < 4.78 is 5.69. The van der Waals surface area contributed by atoms with Crippen LogP contribution in [0.3, 0.4) is 0 Å². The fourth-order valence-electron chi connectivity index (χ4n) is 2.44. The van der Waals surface area contributed by atoms with Gasteiger partial charge in [-0.25, -0.2) is 0 Å². The fraction of sp³-hybridized carbons (Fsp3) is 1.00. The average molecular weight is 242 g/mol. The van der Waals surface area contributed by atoms with E-state index in [1.807, 2.05) is 0 Å². The molecule has 1 rings (SSSR count). The maximum Gasteiger partial charge on any atom is 0.0674 e. The molecule has 1 aliphatic heterocycles. The minimum Gasteiger partial charge on any atom is -0.376 e. The minimum absolute atomic E-state index is 0.293. The zero-order valence-corrected chi connectivity index (χ0v) is 12.4. The quantitative estimate of drug-likeness (QED) is 0.799. The molecule has 0 radical (unpaired) electrons. The zero-order valence-electron chi connectivity index (χ0n) is 12.4. The molecule has 0 aromatic rings. The second-order valence-electron chi connectivity index (χ2n) is 6.19. The van der Waals surface area contributed by atoms with Crippen LogP contribution in [0.1, 0.15) is 41.5 Å². The maximum absolute atomic E-state index is 5.69. The predicted octanol–water partition coefficient (Wildman–Crippen LogP) is 2.12. The molecule has 1 heterocycles. The third-order valence-electron chi connectivity index (χ3n) is 4.03. The van der Waals surface area contributed by atoms with Gasteiger partial charge in [0.05, 0.1) is 12.7 Å². The molecule has 1 N–H and O–H groups in total. The number of rotatable bonds is 5. The van der Waals surface area contributed by atoms with Crippen molar-refractivity contribution in [1.82, 2.24) is 10.2 Å². The molecule has 3 atom stereocenters. The van der Waals surface area contributed by atoms with Crippen LogP contribution >= 0.6 is 0 Å². The molecule has 0 aromatic heterocycles.